The highest BCUT2D eigenvalue weighted by molar-refractivity contribution is 5.95. The third-order valence-corrected chi connectivity index (χ3v) is 6.13. The van der Waals surface area contributed by atoms with Gasteiger partial charge in [0.2, 0.25) is 0 Å². The first-order valence-corrected chi connectivity index (χ1v) is 11.1. The quantitative estimate of drug-likeness (QED) is 0.619. The van der Waals surface area contributed by atoms with E-state index in [1.54, 1.807) is 17.8 Å². The third kappa shape index (κ3) is 4.64. The molecule has 1 aromatic carbocycles. The fourth-order valence-corrected chi connectivity index (χ4v) is 4.26. The van der Waals surface area contributed by atoms with Gasteiger partial charge in [-0.25, -0.2) is 9.50 Å². The van der Waals surface area contributed by atoms with Crippen LogP contribution in [0.3, 0.4) is 0 Å². The summed E-state index contributed by atoms with van der Waals surface area (Å²) in [5.41, 5.74) is 4.32. The minimum Gasteiger partial charge on any atom is -0.378 e. The second kappa shape index (κ2) is 8.79. The number of likely N-dealkylation sites (tertiary alicyclic amines) is 1. The Morgan fingerprint density at radius 3 is 2.52 bits per heavy atom. The van der Waals surface area contributed by atoms with Gasteiger partial charge in [-0.05, 0) is 30.7 Å². The molecule has 6 nitrogen and oxygen atoms in total. The van der Waals surface area contributed by atoms with Gasteiger partial charge in [0.1, 0.15) is 0 Å². The summed E-state index contributed by atoms with van der Waals surface area (Å²) in [4.78, 5) is 19.9. The minimum atomic E-state index is -0.0944. The summed E-state index contributed by atoms with van der Waals surface area (Å²) in [7, 11) is 1.64. The summed E-state index contributed by atoms with van der Waals surface area (Å²) in [6.45, 7) is 8.22. The molecule has 1 amide bonds. The summed E-state index contributed by atoms with van der Waals surface area (Å²) in [6, 6.07) is 12.6. The normalized spacial score (nSPS) is 15.5. The van der Waals surface area contributed by atoms with Gasteiger partial charge < -0.3 is 9.64 Å². The summed E-state index contributed by atoms with van der Waals surface area (Å²) in [5, 5.41) is 4.75. The number of benzene rings is 1. The standard InChI is InChI=1S/C25H32N4O2/c1-25(2,3)22-15-23-26-16-20(21(17-31-4)29(23)27-22)24(30)28-12-10-19(11-13-28)14-18-8-6-5-7-9-18/h5-9,15-16,19H,10-14,17H2,1-4H3. The van der Waals surface area contributed by atoms with Crippen molar-refractivity contribution in [1.82, 2.24) is 19.5 Å². The molecule has 0 unspecified atom stereocenters. The summed E-state index contributed by atoms with van der Waals surface area (Å²) in [6.07, 6.45) is 4.81. The van der Waals surface area contributed by atoms with Gasteiger partial charge in [0.05, 0.1) is 23.6 Å². The van der Waals surface area contributed by atoms with Crippen molar-refractivity contribution in [2.24, 2.45) is 5.92 Å². The highest BCUT2D eigenvalue weighted by atomic mass is 16.5. The lowest BCUT2D eigenvalue weighted by Crippen LogP contribution is -2.39. The molecule has 6 heteroatoms. The second-order valence-corrected chi connectivity index (χ2v) is 9.53. The van der Waals surface area contributed by atoms with Crippen molar-refractivity contribution in [1.29, 1.82) is 0 Å². The molecular formula is C25H32N4O2. The van der Waals surface area contributed by atoms with Gasteiger partial charge in [-0.2, -0.15) is 5.10 Å². The van der Waals surface area contributed by atoms with Crippen LogP contribution in [0, 0.1) is 5.92 Å². The van der Waals surface area contributed by atoms with Crippen molar-refractivity contribution in [3.05, 3.63) is 65.1 Å². The Hall–Kier alpha value is -2.73. The number of hydrogen-bond acceptors (Lipinski definition) is 4. The largest absolute Gasteiger partial charge is 0.378 e. The van der Waals surface area contributed by atoms with E-state index in [0.29, 0.717) is 18.1 Å². The maximum Gasteiger partial charge on any atom is 0.257 e. The van der Waals surface area contributed by atoms with Crippen LogP contribution in [0.1, 0.15) is 60.9 Å². The highest BCUT2D eigenvalue weighted by Gasteiger charge is 2.27. The van der Waals surface area contributed by atoms with Crippen molar-refractivity contribution in [3.63, 3.8) is 0 Å². The predicted molar refractivity (Wildman–Crippen MR) is 121 cm³/mol. The number of rotatable bonds is 5. The van der Waals surface area contributed by atoms with Crippen LogP contribution in [0.4, 0.5) is 0 Å². The molecule has 1 fully saturated rings. The zero-order chi connectivity index (χ0) is 22.0. The monoisotopic (exact) mass is 420 g/mol. The number of carbonyl (C=O) groups is 1. The molecule has 0 atom stereocenters. The van der Waals surface area contributed by atoms with Crippen molar-refractivity contribution in [2.45, 2.75) is 52.1 Å². The lowest BCUT2D eigenvalue weighted by Gasteiger charge is -2.32. The summed E-state index contributed by atoms with van der Waals surface area (Å²) < 4.78 is 7.21. The first-order chi connectivity index (χ1) is 14.9. The van der Waals surface area contributed by atoms with Crippen LogP contribution in [0.15, 0.2) is 42.6 Å². The van der Waals surface area contributed by atoms with Gasteiger partial charge in [0.15, 0.2) is 5.65 Å². The molecule has 0 spiro atoms. The molecule has 0 N–H and O–H groups in total. The number of nitrogens with zero attached hydrogens (tertiary/aromatic N) is 4. The molecule has 0 aliphatic carbocycles. The molecule has 164 valence electrons. The maximum absolute atomic E-state index is 13.4. The smallest absolute Gasteiger partial charge is 0.257 e. The van der Waals surface area contributed by atoms with Crippen LogP contribution in [-0.2, 0) is 23.2 Å². The van der Waals surface area contributed by atoms with E-state index in [-0.39, 0.29) is 11.3 Å². The first kappa shape index (κ1) is 21.5. The Morgan fingerprint density at radius 2 is 1.87 bits per heavy atom. The highest BCUT2D eigenvalue weighted by Crippen LogP contribution is 2.26. The zero-order valence-electron chi connectivity index (χ0n) is 19.0. The number of fused-ring (bicyclic) bond motifs is 1. The molecular weight excluding hydrogens is 388 g/mol. The number of ether oxygens (including phenoxy) is 1. The molecule has 0 radical (unpaired) electrons. The Kier molecular flexibility index (Phi) is 6.10. The molecule has 4 rings (SSSR count). The molecule has 31 heavy (non-hydrogen) atoms. The minimum absolute atomic E-state index is 0.0208. The Bertz CT molecular complexity index is 1040. The van der Waals surface area contributed by atoms with Gasteiger partial charge in [0.25, 0.3) is 5.91 Å². The lowest BCUT2D eigenvalue weighted by atomic mass is 9.90. The van der Waals surface area contributed by atoms with Crippen LogP contribution >= 0.6 is 0 Å². The number of piperidine rings is 1. The van der Waals surface area contributed by atoms with Crippen LogP contribution in [0.25, 0.3) is 5.65 Å². The van der Waals surface area contributed by atoms with Crippen molar-refractivity contribution in [2.75, 3.05) is 20.2 Å². The van der Waals surface area contributed by atoms with Crippen molar-refractivity contribution in [3.8, 4) is 0 Å². The van der Waals surface area contributed by atoms with E-state index in [1.165, 1.54) is 5.56 Å². The Morgan fingerprint density at radius 1 is 1.16 bits per heavy atom. The lowest BCUT2D eigenvalue weighted by molar-refractivity contribution is 0.0683. The molecule has 3 aromatic rings. The average Bonchev–Trinajstić information content (AvgIpc) is 3.20. The fourth-order valence-electron chi connectivity index (χ4n) is 4.26. The van der Waals surface area contributed by atoms with Crippen molar-refractivity contribution >= 4 is 11.6 Å². The zero-order valence-corrected chi connectivity index (χ0v) is 19.0. The SMILES string of the molecule is COCc1c(C(=O)N2CCC(Cc3ccccc3)CC2)cnc2cc(C(C)(C)C)nn12. The molecule has 1 aliphatic rings. The average molecular weight is 421 g/mol. The van der Waals surface area contributed by atoms with Gasteiger partial charge in [-0.15, -0.1) is 0 Å². The fraction of sp³-hybridized carbons (Fsp3) is 0.480. The third-order valence-electron chi connectivity index (χ3n) is 6.13. The van der Waals surface area contributed by atoms with Crippen LogP contribution in [0.5, 0.6) is 0 Å². The van der Waals surface area contributed by atoms with Crippen molar-refractivity contribution < 1.29 is 9.53 Å². The van der Waals surface area contributed by atoms with Gasteiger partial charge >= 0.3 is 0 Å². The van der Waals surface area contributed by atoms with E-state index in [1.807, 2.05) is 11.0 Å². The van der Waals surface area contributed by atoms with E-state index in [0.717, 1.165) is 49.4 Å². The van der Waals surface area contributed by atoms with E-state index in [2.05, 4.69) is 56.1 Å². The van der Waals surface area contributed by atoms with E-state index in [9.17, 15) is 4.79 Å². The number of carbonyl (C=O) groups excluding carboxylic acids is 1. The van der Waals surface area contributed by atoms with E-state index >= 15 is 0 Å². The number of aromatic nitrogens is 3. The van der Waals surface area contributed by atoms with Gasteiger partial charge in [-0.3, -0.25) is 4.79 Å². The van der Waals surface area contributed by atoms with E-state index in [4.69, 9.17) is 9.84 Å². The molecule has 1 saturated heterocycles. The van der Waals surface area contributed by atoms with Crippen LogP contribution in [-0.4, -0.2) is 45.6 Å². The van der Waals surface area contributed by atoms with Gasteiger partial charge in [-0.1, -0.05) is 51.1 Å². The van der Waals surface area contributed by atoms with Crippen LogP contribution in [0.2, 0.25) is 0 Å². The van der Waals surface area contributed by atoms with E-state index < -0.39 is 0 Å². The Labute approximate surface area is 184 Å². The first-order valence-electron chi connectivity index (χ1n) is 11.1. The molecule has 1 aliphatic heterocycles. The van der Waals surface area contributed by atoms with Gasteiger partial charge in [0, 0.05) is 37.9 Å². The topological polar surface area (TPSA) is 59.7 Å². The number of hydrogen-bond donors (Lipinski definition) is 0. The molecule has 0 bridgehead atoms. The molecule has 2 aromatic heterocycles. The second-order valence-electron chi connectivity index (χ2n) is 9.53. The maximum atomic E-state index is 13.4. The summed E-state index contributed by atoms with van der Waals surface area (Å²) in [5.74, 6) is 0.637. The molecule has 3 heterocycles. The molecule has 0 saturated carbocycles. The number of amides is 1. The van der Waals surface area contributed by atoms with Crippen LogP contribution < -0.4 is 0 Å². The summed E-state index contributed by atoms with van der Waals surface area (Å²) >= 11 is 0. The number of methoxy groups -OCH3 is 1. The Balaban J connectivity index is 1.53. The predicted octanol–water partition coefficient (Wildman–Crippen LogP) is 4.27.